The van der Waals surface area contributed by atoms with Gasteiger partial charge >= 0.3 is 0 Å². The van der Waals surface area contributed by atoms with Gasteiger partial charge in [0.15, 0.2) is 0 Å². The van der Waals surface area contributed by atoms with Gasteiger partial charge in [0.25, 0.3) is 0 Å². The van der Waals surface area contributed by atoms with Crippen LogP contribution in [0.5, 0.6) is 0 Å². The topological polar surface area (TPSA) is 30.2 Å². The summed E-state index contributed by atoms with van der Waals surface area (Å²) in [5, 5.41) is 0. The molecule has 0 amide bonds. The van der Waals surface area contributed by atoms with Crippen molar-refractivity contribution in [2.24, 2.45) is 4.36 Å². The average molecular weight is 189 g/mol. The van der Waals surface area contributed by atoms with Crippen LogP contribution in [0.4, 0.5) is 5.69 Å². The first kappa shape index (κ1) is 8.07. The maximum Gasteiger partial charge on any atom is 0.0991 e. The second kappa shape index (κ2) is 3.45. The number of benzene rings is 1. The quantitative estimate of drug-likeness (QED) is 0.725. The molecule has 64 valence electrons. The molecule has 0 bridgehead atoms. The molecule has 0 aliphatic carbocycles. The van der Waals surface area contributed by atoms with Crippen molar-refractivity contribution in [1.82, 2.24) is 9.55 Å². The Morgan fingerprint density at radius 2 is 2.00 bits per heavy atom. The van der Waals surface area contributed by atoms with Gasteiger partial charge in [-0.15, -0.1) is 0 Å². The molecule has 0 atom stereocenters. The first-order valence-corrected chi connectivity index (χ1v) is 4.18. The van der Waals surface area contributed by atoms with Crippen molar-refractivity contribution in [3.63, 3.8) is 0 Å². The minimum atomic E-state index is 0.805. The summed E-state index contributed by atoms with van der Waals surface area (Å²) in [5.41, 5.74) is 1.86. The van der Waals surface area contributed by atoms with Gasteiger partial charge in [-0.1, -0.05) is 0 Å². The van der Waals surface area contributed by atoms with Crippen LogP contribution in [0.3, 0.4) is 0 Å². The SMILES string of the molecule is S=Nc1ccc(-n2ccnc2)cc1. The maximum absolute atomic E-state index is 4.57. The van der Waals surface area contributed by atoms with Gasteiger partial charge in [0, 0.05) is 30.5 Å². The van der Waals surface area contributed by atoms with Crippen LogP contribution in [0.15, 0.2) is 47.3 Å². The number of nitrogens with zero attached hydrogens (tertiary/aromatic N) is 3. The second-order valence-electron chi connectivity index (χ2n) is 2.58. The van der Waals surface area contributed by atoms with E-state index in [-0.39, 0.29) is 0 Å². The molecule has 4 heteroatoms. The van der Waals surface area contributed by atoms with E-state index in [1.165, 1.54) is 0 Å². The Bertz CT molecular complexity index is 391. The fourth-order valence-corrected chi connectivity index (χ4v) is 1.22. The number of hydrogen-bond acceptors (Lipinski definition) is 3. The zero-order chi connectivity index (χ0) is 9.10. The zero-order valence-corrected chi connectivity index (χ0v) is 7.61. The first-order valence-electron chi connectivity index (χ1n) is 3.82. The van der Waals surface area contributed by atoms with Crippen molar-refractivity contribution in [2.45, 2.75) is 0 Å². The highest BCUT2D eigenvalue weighted by Crippen LogP contribution is 2.14. The molecule has 0 aliphatic rings. The molecule has 0 saturated heterocycles. The fourth-order valence-electron chi connectivity index (χ4n) is 1.10. The highest BCUT2D eigenvalue weighted by Gasteiger charge is 1.94. The molecule has 0 aliphatic heterocycles. The smallest absolute Gasteiger partial charge is 0.0991 e. The third-order valence-corrected chi connectivity index (χ3v) is 1.97. The van der Waals surface area contributed by atoms with Gasteiger partial charge in [-0.25, -0.2) is 4.98 Å². The van der Waals surface area contributed by atoms with Crippen molar-refractivity contribution >= 4 is 18.1 Å². The van der Waals surface area contributed by atoms with Crippen molar-refractivity contribution in [1.29, 1.82) is 0 Å². The Labute approximate surface area is 81.2 Å². The van der Waals surface area contributed by atoms with Crippen LogP contribution < -0.4 is 0 Å². The molecule has 0 N–H and O–H groups in total. The molecule has 0 unspecified atom stereocenters. The summed E-state index contributed by atoms with van der Waals surface area (Å²) < 4.78 is 5.58. The molecule has 0 radical (unpaired) electrons. The number of hydrogen-bond donors (Lipinski definition) is 0. The van der Waals surface area contributed by atoms with Gasteiger partial charge in [-0.3, -0.25) is 0 Å². The Kier molecular flexibility index (Phi) is 2.14. The predicted octanol–water partition coefficient (Wildman–Crippen LogP) is 2.23. The molecular formula is C9H7N3S. The minimum absolute atomic E-state index is 0.805. The lowest BCUT2D eigenvalue weighted by Crippen LogP contribution is -1.87. The van der Waals surface area contributed by atoms with E-state index in [2.05, 4.69) is 21.8 Å². The van der Waals surface area contributed by atoms with Crippen LogP contribution in [0.25, 0.3) is 5.69 Å². The molecule has 0 fully saturated rings. The normalized spacial score (nSPS) is 9.85. The monoisotopic (exact) mass is 189 g/mol. The highest BCUT2D eigenvalue weighted by molar-refractivity contribution is 7.47. The minimum Gasteiger partial charge on any atom is -0.306 e. The van der Waals surface area contributed by atoms with E-state index in [0.717, 1.165) is 11.4 Å². The van der Waals surface area contributed by atoms with Crippen molar-refractivity contribution in [3.8, 4) is 5.69 Å². The van der Waals surface area contributed by atoms with Gasteiger partial charge in [-0.05, 0) is 24.3 Å². The summed E-state index contributed by atoms with van der Waals surface area (Å²) in [4.78, 5) is 3.96. The third-order valence-electron chi connectivity index (χ3n) is 1.76. The van der Waals surface area contributed by atoms with E-state index >= 15 is 0 Å². The van der Waals surface area contributed by atoms with Gasteiger partial charge in [-0.2, -0.15) is 4.36 Å². The molecule has 13 heavy (non-hydrogen) atoms. The zero-order valence-electron chi connectivity index (χ0n) is 6.79. The van der Waals surface area contributed by atoms with Crippen LogP contribution in [-0.2, 0) is 12.4 Å². The van der Waals surface area contributed by atoms with E-state index in [0.29, 0.717) is 0 Å². The standard InChI is InChI=1S/C9H7N3S/c13-11-8-1-3-9(4-2-8)12-6-5-10-7-12/h1-7H. The van der Waals surface area contributed by atoms with Crippen molar-refractivity contribution in [3.05, 3.63) is 43.0 Å². The first-order chi connectivity index (χ1) is 6.40. The van der Waals surface area contributed by atoms with Crippen LogP contribution in [-0.4, -0.2) is 9.55 Å². The Balaban J connectivity index is 2.38. The lowest BCUT2D eigenvalue weighted by atomic mass is 10.3. The molecule has 0 saturated carbocycles. The number of rotatable bonds is 2. The van der Waals surface area contributed by atoms with Gasteiger partial charge in [0.05, 0.1) is 12.0 Å². The summed E-state index contributed by atoms with van der Waals surface area (Å²) >= 11 is 4.57. The van der Waals surface area contributed by atoms with E-state index in [1.54, 1.807) is 12.5 Å². The lowest BCUT2D eigenvalue weighted by molar-refractivity contribution is 1.06. The van der Waals surface area contributed by atoms with Gasteiger partial charge < -0.3 is 4.57 Å². The van der Waals surface area contributed by atoms with E-state index in [4.69, 9.17) is 0 Å². The molecule has 3 nitrogen and oxygen atoms in total. The second-order valence-corrected chi connectivity index (χ2v) is 2.76. The van der Waals surface area contributed by atoms with Crippen LogP contribution >= 0.6 is 0 Å². The highest BCUT2D eigenvalue weighted by atomic mass is 32.1. The maximum atomic E-state index is 4.57. The Morgan fingerprint density at radius 3 is 2.54 bits per heavy atom. The molecule has 0 spiro atoms. The van der Waals surface area contributed by atoms with E-state index in [9.17, 15) is 0 Å². The number of aromatic nitrogens is 2. The van der Waals surface area contributed by atoms with Gasteiger partial charge in [0.1, 0.15) is 0 Å². The van der Waals surface area contributed by atoms with Crippen LogP contribution in [0.1, 0.15) is 0 Å². The Hall–Kier alpha value is -1.55. The summed E-state index contributed by atoms with van der Waals surface area (Å²) in [6.45, 7) is 0. The lowest BCUT2D eigenvalue weighted by Gasteiger charge is -2.00. The fraction of sp³-hybridized carbons (Fsp3) is 0. The molecular weight excluding hydrogens is 182 g/mol. The van der Waals surface area contributed by atoms with E-state index < -0.39 is 0 Å². The summed E-state index contributed by atoms with van der Waals surface area (Å²) in [6.07, 6.45) is 5.38. The predicted molar refractivity (Wildman–Crippen MR) is 53.0 cm³/mol. The van der Waals surface area contributed by atoms with Crippen molar-refractivity contribution in [2.75, 3.05) is 0 Å². The van der Waals surface area contributed by atoms with Gasteiger partial charge in [0.2, 0.25) is 0 Å². The summed E-state index contributed by atoms with van der Waals surface area (Å²) in [6, 6.07) is 7.66. The molecule has 1 heterocycles. The van der Waals surface area contributed by atoms with E-state index in [1.807, 2.05) is 35.0 Å². The molecule has 2 rings (SSSR count). The van der Waals surface area contributed by atoms with Crippen LogP contribution in [0, 0.1) is 0 Å². The molecule has 2 aromatic rings. The Morgan fingerprint density at radius 1 is 1.23 bits per heavy atom. The largest absolute Gasteiger partial charge is 0.306 e. The number of imidazole rings is 1. The van der Waals surface area contributed by atoms with Crippen molar-refractivity contribution < 1.29 is 0 Å². The third kappa shape index (κ3) is 1.62. The average Bonchev–Trinajstić information content (AvgIpc) is 2.71. The summed E-state index contributed by atoms with van der Waals surface area (Å²) in [5.74, 6) is 0. The van der Waals surface area contributed by atoms with Crippen LogP contribution in [0.2, 0.25) is 0 Å². The summed E-state index contributed by atoms with van der Waals surface area (Å²) in [7, 11) is 0. The molecule has 1 aromatic carbocycles. The molecule has 1 aromatic heterocycles.